The molecule has 0 aromatic rings. The van der Waals surface area contributed by atoms with Crippen LogP contribution in [-0.4, -0.2) is 67.5 Å². The monoisotopic (exact) mass is 271 g/mol. The number of aliphatic hydroxyl groups excluding tert-OH is 1. The molecular weight excluding hydrogens is 246 g/mol. The van der Waals surface area contributed by atoms with Crippen molar-refractivity contribution in [2.75, 3.05) is 39.5 Å². The van der Waals surface area contributed by atoms with Gasteiger partial charge in [0.25, 0.3) is 0 Å². The van der Waals surface area contributed by atoms with E-state index < -0.39 is 0 Å². The van der Waals surface area contributed by atoms with Gasteiger partial charge in [0.2, 0.25) is 0 Å². The third kappa shape index (κ3) is 3.75. The molecule has 0 radical (unpaired) electrons. The Morgan fingerprint density at radius 1 is 1.37 bits per heavy atom. The molecule has 5 nitrogen and oxygen atoms in total. The lowest BCUT2D eigenvalue weighted by atomic mass is 9.81. The van der Waals surface area contributed by atoms with Gasteiger partial charge in [0.05, 0.1) is 18.3 Å². The van der Waals surface area contributed by atoms with Gasteiger partial charge in [-0.2, -0.15) is 0 Å². The van der Waals surface area contributed by atoms with Crippen molar-refractivity contribution in [2.24, 2.45) is 5.41 Å². The molecule has 1 unspecified atom stereocenters. The number of hydrogen-bond acceptors (Lipinski definition) is 5. The van der Waals surface area contributed by atoms with Crippen molar-refractivity contribution in [3.05, 3.63) is 0 Å². The molecule has 1 atom stereocenters. The molecule has 0 aromatic heterocycles. The minimum Gasteiger partial charge on any atom is -0.394 e. The fraction of sp³-hybridized carbons (Fsp3) is 0.929. The van der Waals surface area contributed by atoms with Crippen LogP contribution in [0.15, 0.2) is 0 Å². The number of nitrogens with zero attached hydrogens (tertiary/aromatic N) is 1. The molecule has 0 amide bonds. The van der Waals surface area contributed by atoms with E-state index in [-0.39, 0.29) is 23.7 Å². The molecule has 2 fully saturated rings. The van der Waals surface area contributed by atoms with Crippen LogP contribution >= 0.6 is 0 Å². The number of aliphatic hydroxyl groups is 1. The summed E-state index contributed by atoms with van der Waals surface area (Å²) in [5.41, 5.74) is -0.563. The molecule has 0 saturated carbocycles. The summed E-state index contributed by atoms with van der Waals surface area (Å²) in [6.07, 6.45) is 2.52. The molecule has 2 heterocycles. The Balaban J connectivity index is 2.02. The Labute approximate surface area is 114 Å². The number of carbonyl (C=O) groups excluding carboxylic acids is 1. The SMILES string of the molecule is CC1(C)CN(CC2(C=O)CCOCC2)CC(CO)O1. The molecule has 2 saturated heterocycles. The third-order valence-electron chi connectivity index (χ3n) is 4.03. The normalized spacial score (nSPS) is 31.0. The van der Waals surface area contributed by atoms with Crippen molar-refractivity contribution in [3.63, 3.8) is 0 Å². The molecule has 1 N–H and O–H groups in total. The highest BCUT2D eigenvalue weighted by molar-refractivity contribution is 5.60. The summed E-state index contributed by atoms with van der Waals surface area (Å²) < 4.78 is 11.2. The first kappa shape index (κ1) is 14.9. The standard InChI is InChI=1S/C14H25NO4/c1-13(2)9-15(7-12(8-16)19-13)10-14(11-17)3-5-18-6-4-14/h11-12,16H,3-10H2,1-2H3. The van der Waals surface area contributed by atoms with Gasteiger partial charge in [-0.15, -0.1) is 0 Å². The van der Waals surface area contributed by atoms with Crippen molar-refractivity contribution in [2.45, 2.75) is 38.4 Å². The Bertz CT molecular complexity index is 313. The Morgan fingerprint density at radius 3 is 2.63 bits per heavy atom. The molecule has 2 aliphatic heterocycles. The van der Waals surface area contributed by atoms with Gasteiger partial charge < -0.3 is 19.4 Å². The van der Waals surface area contributed by atoms with Crippen LogP contribution in [0, 0.1) is 5.41 Å². The highest BCUT2D eigenvalue weighted by atomic mass is 16.5. The minimum atomic E-state index is -0.286. The van der Waals surface area contributed by atoms with Crippen LogP contribution < -0.4 is 0 Å². The van der Waals surface area contributed by atoms with E-state index in [1.165, 1.54) is 0 Å². The first-order valence-corrected chi connectivity index (χ1v) is 7.04. The van der Waals surface area contributed by atoms with Crippen LogP contribution in [0.3, 0.4) is 0 Å². The van der Waals surface area contributed by atoms with Crippen molar-refractivity contribution in [1.82, 2.24) is 4.90 Å². The zero-order chi connectivity index (χ0) is 13.9. The smallest absolute Gasteiger partial charge is 0.127 e. The van der Waals surface area contributed by atoms with E-state index in [4.69, 9.17) is 9.47 Å². The van der Waals surface area contributed by atoms with E-state index in [2.05, 4.69) is 4.90 Å². The second kappa shape index (κ2) is 5.87. The number of morpholine rings is 1. The van der Waals surface area contributed by atoms with Crippen LogP contribution in [0.4, 0.5) is 0 Å². The van der Waals surface area contributed by atoms with E-state index >= 15 is 0 Å². The Hall–Kier alpha value is -0.490. The number of aldehydes is 1. The Kier molecular flexibility index (Phi) is 4.61. The highest BCUT2D eigenvalue weighted by Crippen LogP contribution is 2.31. The molecule has 110 valence electrons. The van der Waals surface area contributed by atoms with Crippen LogP contribution in [0.1, 0.15) is 26.7 Å². The Morgan fingerprint density at radius 2 is 2.05 bits per heavy atom. The maximum atomic E-state index is 11.5. The lowest BCUT2D eigenvalue weighted by molar-refractivity contribution is -0.159. The number of carbonyl (C=O) groups is 1. The summed E-state index contributed by atoms with van der Waals surface area (Å²) in [6, 6.07) is 0. The number of hydrogen-bond donors (Lipinski definition) is 1. The molecule has 0 bridgehead atoms. The van der Waals surface area contributed by atoms with Crippen molar-refractivity contribution < 1.29 is 19.4 Å². The van der Waals surface area contributed by atoms with E-state index in [1.54, 1.807) is 0 Å². The molecule has 19 heavy (non-hydrogen) atoms. The van der Waals surface area contributed by atoms with Crippen molar-refractivity contribution in [1.29, 1.82) is 0 Å². The van der Waals surface area contributed by atoms with Gasteiger partial charge in [0.15, 0.2) is 0 Å². The van der Waals surface area contributed by atoms with E-state index in [0.29, 0.717) is 19.8 Å². The van der Waals surface area contributed by atoms with E-state index in [0.717, 1.165) is 32.2 Å². The maximum absolute atomic E-state index is 11.5. The first-order chi connectivity index (χ1) is 8.99. The fourth-order valence-electron chi connectivity index (χ4n) is 3.17. The topological polar surface area (TPSA) is 59.0 Å². The average Bonchev–Trinajstić information content (AvgIpc) is 2.38. The summed E-state index contributed by atoms with van der Waals surface area (Å²) >= 11 is 0. The van der Waals surface area contributed by atoms with Crippen LogP contribution in [0.2, 0.25) is 0 Å². The minimum absolute atomic E-state index is 0.0249. The van der Waals surface area contributed by atoms with Crippen molar-refractivity contribution in [3.8, 4) is 0 Å². The quantitative estimate of drug-likeness (QED) is 0.753. The molecule has 2 rings (SSSR count). The van der Waals surface area contributed by atoms with Crippen LogP contribution in [-0.2, 0) is 14.3 Å². The predicted octanol–water partition coefficient (Wildman–Crippen LogP) is 0.454. The molecule has 2 aliphatic rings. The zero-order valence-electron chi connectivity index (χ0n) is 11.9. The third-order valence-corrected chi connectivity index (χ3v) is 4.03. The van der Waals surface area contributed by atoms with Crippen LogP contribution in [0.25, 0.3) is 0 Å². The van der Waals surface area contributed by atoms with E-state index in [9.17, 15) is 9.90 Å². The van der Waals surface area contributed by atoms with Crippen molar-refractivity contribution >= 4 is 6.29 Å². The van der Waals surface area contributed by atoms with Gasteiger partial charge >= 0.3 is 0 Å². The second-order valence-corrected chi connectivity index (χ2v) is 6.44. The van der Waals surface area contributed by atoms with Gasteiger partial charge in [0, 0.05) is 38.3 Å². The second-order valence-electron chi connectivity index (χ2n) is 6.44. The van der Waals surface area contributed by atoms with Gasteiger partial charge in [-0.05, 0) is 26.7 Å². The first-order valence-electron chi connectivity index (χ1n) is 7.04. The molecule has 5 heteroatoms. The zero-order valence-corrected chi connectivity index (χ0v) is 11.9. The highest BCUT2D eigenvalue weighted by Gasteiger charge is 2.39. The summed E-state index contributed by atoms with van der Waals surface area (Å²) in [5.74, 6) is 0. The largest absolute Gasteiger partial charge is 0.394 e. The molecule has 0 aromatic carbocycles. The van der Waals surface area contributed by atoms with Gasteiger partial charge in [0.1, 0.15) is 6.29 Å². The van der Waals surface area contributed by atoms with Gasteiger partial charge in [-0.25, -0.2) is 0 Å². The van der Waals surface area contributed by atoms with Gasteiger partial charge in [-0.3, -0.25) is 4.90 Å². The summed E-state index contributed by atoms with van der Waals surface area (Å²) in [6.45, 7) is 7.63. The summed E-state index contributed by atoms with van der Waals surface area (Å²) in [7, 11) is 0. The molecule has 0 aliphatic carbocycles. The lowest BCUT2D eigenvalue weighted by Crippen LogP contribution is -2.56. The molecular formula is C14H25NO4. The molecule has 0 spiro atoms. The summed E-state index contributed by atoms with van der Waals surface area (Å²) in [5, 5.41) is 9.33. The van der Waals surface area contributed by atoms with E-state index in [1.807, 2.05) is 13.8 Å². The fourth-order valence-corrected chi connectivity index (χ4v) is 3.17. The maximum Gasteiger partial charge on any atom is 0.127 e. The van der Waals surface area contributed by atoms with Crippen LogP contribution in [0.5, 0.6) is 0 Å². The summed E-state index contributed by atoms with van der Waals surface area (Å²) in [4.78, 5) is 13.8. The predicted molar refractivity (Wildman–Crippen MR) is 71.0 cm³/mol. The van der Waals surface area contributed by atoms with Gasteiger partial charge in [-0.1, -0.05) is 0 Å². The number of ether oxygens (including phenoxy) is 2. The number of rotatable bonds is 4. The lowest BCUT2D eigenvalue weighted by Gasteiger charge is -2.45. The average molecular weight is 271 g/mol.